The average Bonchev–Trinajstić information content (AvgIpc) is 2.78. The van der Waals surface area contributed by atoms with Crippen LogP contribution < -0.4 is 0 Å². The monoisotopic (exact) mass is 258 g/mol. The van der Waals surface area contributed by atoms with E-state index in [9.17, 15) is 13.2 Å². The van der Waals surface area contributed by atoms with Crippen LogP contribution in [-0.4, -0.2) is 17.9 Å². The van der Waals surface area contributed by atoms with Crippen LogP contribution in [0.25, 0.3) is 0 Å². The van der Waals surface area contributed by atoms with E-state index in [0.29, 0.717) is 17.5 Å². The van der Waals surface area contributed by atoms with Gasteiger partial charge in [0.05, 0.1) is 12.1 Å². The van der Waals surface area contributed by atoms with Crippen molar-refractivity contribution in [2.24, 2.45) is 9.98 Å². The normalized spacial score (nSPS) is 15.1. The molecule has 0 amide bonds. The molecule has 17 heavy (non-hydrogen) atoms. The average molecular weight is 258 g/mol. The Morgan fingerprint density at radius 1 is 1.18 bits per heavy atom. The van der Waals surface area contributed by atoms with E-state index in [4.69, 9.17) is 0 Å². The van der Waals surface area contributed by atoms with E-state index in [2.05, 4.69) is 9.98 Å². The molecule has 6 heteroatoms. The summed E-state index contributed by atoms with van der Waals surface area (Å²) < 4.78 is 36.9. The van der Waals surface area contributed by atoms with Gasteiger partial charge in [-0.25, -0.2) is 4.99 Å². The molecule has 1 heterocycles. The Balaban J connectivity index is 1.96. The zero-order chi connectivity index (χ0) is 12.3. The zero-order valence-corrected chi connectivity index (χ0v) is 9.55. The number of halogens is 3. The predicted molar refractivity (Wildman–Crippen MR) is 63.5 cm³/mol. The maximum atomic E-state index is 12.3. The fraction of sp³-hybridized carbons (Fsp3) is 0.273. The van der Waals surface area contributed by atoms with Crippen LogP contribution in [0.3, 0.4) is 0 Å². The van der Waals surface area contributed by atoms with Crippen LogP contribution in [-0.2, 0) is 11.9 Å². The molecular weight excluding hydrogens is 249 g/mol. The van der Waals surface area contributed by atoms with Gasteiger partial charge in [0, 0.05) is 12.0 Å². The molecule has 2 nitrogen and oxygen atoms in total. The van der Waals surface area contributed by atoms with E-state index >= 15 is 0 Å². The molecule has 0 N–H and O–H groups in total. The lowest BCUT2D eigenvalue weighted by molar-refractivity contribution is -0.137. The summed E-state index contributed by atoms with van der Waals surface area (Å²) in [6.45, 7) is 0.593. The molecule has 0 unspecified atom stereocenters. The standard InChI is InChI=1S/C11H9F3N2S/c12-11(13,14)9-3-1-8(2-4-9)7-17-10-15-5-6-16-10/h1-5H,6-7H2. The summed E-state index contributed by atoms with van der Waals surface area (Å²) in [7, 11) is 0. The van der Waals surface area contributed by atoms with E-state index in [0.717, 1.165) is 17.7 Å². The smallest absolute Gasteiger partial charge is 0.255 e. The maximum Gasteiger partial charge on any atom is 0.416 e. The van der Waals surface area contributed by atoms with Gasteiger partial charge < -0.3 is 0 Å². The van der Waals surface area contributed by atoms with Crippen LogP contribution >= 0.6 is 11.8 Å². The zero-order valence-electron chi connectivity index (χ0n) is 8.74. The third-order valence-corrected chi connectivity index (χ3v) is 3.13. The van der Waals surface area contributed by atoms with Crippen LogP contribution in [0.5, 0.6) is 0 Å². The Kier molecular flexibility index (Phi) is 3.51. The molecule has 1 aliphatic heterocycles. The van der Waals surface area contributed by atoms with Crippen molar-refractivity contribution >= 4 is 23.1 Å². The van der Waals surface area contributed by atoms with Gasteiger partial charge in [-0.3, -0.25) is 4.99 Å². The summed E-state index contributed by atoms with van der Waals surface area (Å²) in [4.78, 5) is 8.10. The van der Waals surface area contributed by atoms with E-state index in [1.165, 1.54) is 23.9 Å². The highest BCUT2D eigenvalue weighted by atomic mass is 32.2. The largest absolute Gasteiger partial charge is 0.416 e. The number of nitrogens with zero attached hydrogens (tertiary/aromatic N) is 2. The quantitative estimate of drug-likeness (QED) is 0.798. The summed E-state index contributed by atoms with van der Waals surface area (Å²) in [6.07, 6.45) is -2.57. The van der Waals surface area contributed by atoms with Gasteiger partial charge in [0.1, 0.15) is 0 Å². The number of hydrogen-bond donors (Lipinski definition) is 0. The van der Waals surface area contributed by atoms with Crippen LogP contribution in [0.15, 0.2) is 34.3 Å². The molecule has 0 spiro atoms. The molecule has 1 aromatic rings. The molecule has 0 aromatic heterocycles. The minimum Gasteiger partial charge on any atom is -0.255 e. The summed E-state index contributed by atoms with van der Waals surface area (Å²) in [5, 5.41) is 0.685. The Morgan fingerprint density at radius 3 is 2.41 bits per heavy atom. The van der Waals surface area contributed by atoms with E-state index in [-0.39, 0.29) is 0 Å². The Hall–Kier alpha value is -1.30. The molecule has 0 radical (unpaired) electrons. The summed E-state index contributed by atoms with van der Waals surface area (Å²) in [6, 6.07) is 5.15. The molecule has 1 aromatic carbocycles. The number of rotatable bonds is 2. The second kappa shape index (κ2) is 4.91. The molecule has 0 aliphatic carbocycles. The molecule has 2 rings (SSSR count). The van der Waals surface area contributed by atoms with Crippen molar-refractivity contribution in [3.05, 3.63) is 35.4 Å². The van der Waals surface area contributed by atoms with E-state index < -0.39 is 11.7 Å². The Morgan fingerprint density at radius 2 is 1.88 bits per heavy atom. The predicted octanol–water partition coefficient (Wildman–Crippen LogP) is 3.38. The first-order valence-corrected chi connectivity index (χ1v) is 5.90. The van der Waals surface area contributed by atoms with Gasteiger partial charge in [-0.1, -0.05) is 23.9 Å². The lowest BCUT2D eigenvalue weighted by atomic mass is 10.1. The summed E-state index contributed by atoms with van der Waals surface area (Å²) in [5.74, 6) is 0.578. The van der Waals surface area contributed by atoms with E-state index in [1.54, 1.807) is 6.21 Å². The van der Waals surface area contributed by atoms with Gasteiger partial charge in [-0.05, 0) is 17.7 Å². The lowest BCUT2D eigenvalue weighted by Crippen LogP contribution is -2.04. The molecule has 0 saturated heterocycles. The first-order chi connectivity index (χ1) is 8.05. The third kappa shape index (κ3) is 3.33. The second-order valence-corrected chi connectivity index (χ2v) is 4.36. The van der Waals surface area contributed by atoms with Crippen LogP contribution in [0.1, 0.15) is 11.1 Å². The van der Waals surface area contributed by atoms with Gasteiger partial charge in [0.2, 0.25) is 0 Å². The van der Waals surface area contributed by atoms with Crippen LogP contribution in [0, 0.1) is 0 Å². The molecule has 0 bridgehead atoms. The minimum atomic E-state index is -4.27. The number of alkyl halides is 3. The Bertz CT molecular complexity index is 449. The first kappa shape index (κ1) is 12.2. The highest BCUT2D eigenvalue weighted by Crippen LogP contribution is 2.29. The highest BCUT2D eigenvalue weighted by Gasteiger charge is 2.29. The summed E-state index contributed by atoms with van der Waals surface area (Å²) in [5.41, 5.74) is 0.204. The molecule has 0 atom stereocenters. The van der Waals surface area contributed by atoms with Crippen molar-refractivity contribution < 1.29 is 13.2 Å². The van der Waals surface area contributed by atoms with Gasteiger partial charge in [0.25, 0.3) is 0 Å². The fourth-order valence-corrected chi connectivity index (χ4v) is 2.10. The first-order valence-electron chi connectivity index (χ1n) is 4.91. The topological polar surface area (TPSA) is 24.7 Å². The number of benzene rings is 1. The molecule has 90 valence electrons. The summed E-state index contributed by atoms with van der Waals surface area (Å²) >= 11 is 1.42. The number of thioether (sulfide) groups is 1. The number of amidine groups is 1. The number of hydrogen-bond acceptors (Lipinski definition) is 3. The fourth-order valence-electron chi connectivity index (χ4n) is 1.30. The minimum absolute atomic E-state index is 0.578. The van der Waals surface area contributed by atoms with Gasteiger partial charge >= 0.3 is 6.18 Å². The molecule has 0 fully saturated rings. The molecule has 0 saturated carbocycles. The van der Waals surface area contributed by atoms with Crippen molar-refractivity contribution in [3.8, 4) is 0 Å². The third-order valence-electron chi connectivity index (χ3n) is 2.16. The van der Waals surface area contributed by atoms with Crippen molar-refractivity contribution in [3.63, 3.8) is 0 Å². The highest BCUT2D eigenvalue weighted by molar-refractivity contribution is 8.13. The van der Waals surface area contributed by atoms with Gasteiger partial charge in [0.15, 0.2) is 5.17 Å². The van der Waals surface area contributed by atoms with Crippen molar-refractivity contribution in [2.45, 2.75) is 11.9 Å². The second-order valence-electron chi connectivity index (χ2n) is 3.42. The van der Waals surface area contributed by atoms with Crippen LogP contribution in [0.4, 0.5) is 13.2 Å². The van der Waals surface area contributed by atoms with E-state index in [1.807, 2.05) is 0 Å². The van der Waals surface area contributed by atoms with Crippen LogP contribution in [0.2, 0.25) is 0 Å². The Labute approximate surface area is 101 Å². The lowest BCUT2D eigenvalue weighted by Gasteiger charge is -2.07. The maximum absolute atomic E-state index is 12.3. The van der Waals surface area contributed by atoms with Gasteiger partial charge in [-0.15, -0.1) is 0 Å². The van der Waals surface area contributed by atoms with Crippen molar-refractivity contribution in [2.75, 3.05) is 6.54 Å². The SMILES string of the molecule is FC(F)(F)c1ccc(CSC2=NCC=N2)cc1. The molecule has 1 aliphatic rings. The van der Waals surface area contributed by atoms with Crippen molar-refractivity contribution in [1.82, 2.24) is 0 Å². The van der Waals surface area contributed by atoms with Gasteiger partial charge in [-0.2, -0.15) is 13.2 Å². The van der Waals surface area contributed by atoms with Crippen molar-refractivity contribution in [1.29, 1.82) is 0 Å². The number of aliphatic imine (C=N–C) groups is 2. The molecular formula is C11H9F3N2S.